The molecule has 0 saturated carbocycles. The van der Waals surface area contributed by atoms with Crippen molar-refractivity contribution < 1.29 is 4.79 Å². The van der Waals surface area contributed by atoms with Crippen LogP contribution in [0.1, 0.15) is 29.9 Å². The first-order valence-electron chi connectivity index (χ1n) is 8.39. The minimum atomic E-state index is -0.307. The lowest BCUT2D eigenvalue weighted by Gasteiger charge is -2.25. The number of nitrogens with zero attached hydrogens (tertiary/aromatic N) is 3. The van der Waals surface area contributed by atoms with E-state index in [1.165, 1.54) is 5.56 Å². The minimum absolute atomic E-state index is 0.00103. The summed E-state index contributed by atoms with van der Waals surface area (Å²) in [6.07, 6.45) is 0.905. The van der Waals surface area contributed by atoms with E-state index < -0.39 is 0 Å². The maximum absolute atomic E-state index is 12.5. The van der Waals surface area contributed by atoms with Gasteiger partial charge in [-0.05, 0) is 52.9 Å². The van der Waals surface area contributed by atoms with E-state index in [9.17, 15) is 4.79 Å². The lowest BCUT2D eigenvalue weighted by molar-refractivity contribution is -0.124. The molecule has 1 aromatic heterocycles. The third kappa shape index (κ3) is 4.68. The smallest absolute Gasteiger partial charge is 0.244 e. The summed E-state index contributed by atoms with van der Waals surface area (Å²) in [5.41, 5.74) is 3.21. The van der Waals surface area contributed by atoms with Gasteiger partial charge in [-0.25, -0.2) is 0 Å². The van der Waals surface area contributed by atoms with E-state index in [1.54, 1.807) is 4.68 Å². The average molecular weight is 328 g/mol. The van der Waals surface area contributed by atoms with Crippen LogP contribution in [0.5, 0.6) is 0 Å². The zero-order chi connectivity index (χ0) is 17.7. The van der Waals surface area contributed by atoms with Crippen LogP contribution in [0.4, 0.5) is 0 Å². The zero-order valence-corrected chi connectivity index (χ0v) is 15.3. The number of nitrogens with one attached hydrogen (secondary N) is 1. The quantitative estimate of drug-likeness (QED) is 0.849. The molecule has 1 heterocycles. The Labute approximate surface area is 144 Å². The Morgan fingerprint density at radius 1 is 1.25 bits per heavy atom. The molecule has 0 spiro atoms. The molecule has 0 aliphatic heterocycles. The molecule has 0 aliphatic rings. The highest BCUT2D eigenvalue weighted by atomic mass is 16.2. The first-order chi connectivity index (χ1) is 11.4. The van der Waals surface area contributed by atoms with E-state index in [2.05, 4.69) is 27.4 Å². The molecule has 0 fully saturated rings. The fourth-order valence-electron chi connectivity index (χ4n) is 2.84. The van der Waals surface area contributed by atoms with Crippen molar-refractivity contribution in [1.82, 2.24) is 20.0 Å². The highest BCUT2D eigenvalue weighted by Crippen LogP contribution is 2.11. The fraction of sp³-hybridized carbons (Fsp3) is 0.474. The Morgan fingerprint density at radius 3 is 2.46 bits per heavy atom. The molecule has 5 heteroatoms. The molecule has 0 unspecified atom stereocenters. The molecule has 2 atom stereocenters. The molecule has 0 aliphatic carbocycles. The third-order valence-electron chi connectivity index (χ3n) is 4.35. The normalized spacial score (nSPS) is 13.8. The Kier molecular flexibility index (Phi) is 6.15. The van der Waals surface area contributed by atoms with Gasteiger partial charge in [0.05, 0.1) is 5.69 Å². The molecule has 2 aromatic rings. The van der Waals surface area contributed by atoms with Gasteiger partial charge >= 0.3 is 0 Å². The summed E-state index contributed by atoms with van der Waals surface area (Å²) in [6.45, 7) is 6.42. The minimum Gasteiger partial charge on any atom is -0.353 e. The lowest BCUT2D eigenvalue weighted by atomic mass is 10.1. The van der Waals surface area contributed by atoms with Crippen LogP contribution in [0.2, 0.25) is 0 Å². The molecule has 0 saturated heterocycles. The summed E-state index contributed by atoms with van der Waals surface area (Å²) in [5, 5.41) is 7.48. The van der Waals surface area contributed by atoms with Crippen LogP contribution < -0.4 is 5.32 Å². The average Bonchev–Trinajstić information content (AvgIpc) is 2.89. The maximum atomic E-state index is 12.5. The van der Waals surface area contributed by atoms with Gasteiger partial charge in [-0.3, -0.25) is 9.48 Å². The molecule has 24 heavy (non-hydrogen) atoms. The van der Waals surface area contributed by atoms with Gasteiger partial charge in [0.2, 0.25) is 5.91 Å². The Morgan fingerprint density at radius 2 is 1.92 bits per heavy atom. The van der Waals surface area contributed by atoms with Crippen molar-refractivity contribution in [3.05, 3.63) is 53.3 Å². The van der Waals surface area contributed by atoms with Crippen molar-refractivity contribution >= 4 is 5.91 Å². The number of aryl methyl sites for hydroxylation is 2. The second kappa shape index (κ2) is 8.11. The molecule has 130 valence electrons. The van der Waals surface area contributed by atoms with Crippen LogP contribution in [-0.4, -0.2) is 47.3 Å². The van der Waals surface area contributed by atoms with Crippen molar-refractivity contribution in [3.63, 3.8) is 0 Å². The molecule has 5 nitrogen and oxygen atoms in total. The van der Waals surface area contributed by atoms with E-state index in [0.29, 0.717) is 6.54 Å². The van der Waals surface area contributed by atoms with Crippen molar-refractivity contribution in [2.24, 2.45) is 0 Å². The van der Waals surface area contributed by atoms with E-state index in [1.807, 2.05) is 59.1 Å². The number of rotatable bonds is 7. The van der Waals surface area contributed by atoms with Crippen LogP contribution in [0.3, 0.4) is 0 Å². The number of likely N-dealkylation sites (N-methyl/N-ethyl adjacent to an activating group) is 1. The van der Waals surface area contributed by atoms with Crippen LogP contribution in [0.25, 0.3) is 0 Å². The zero-order valence-electron chi connectivity index (χ0n) is 15.3. The molecule has 0 radical (unpaired) electrons. The summed E-state index contributed by atoms with van der Waals surface area (Å²) in [5.74, 6) is 0.00103. The number of amides is 1. The van der Waals surface area contributed by atoms with Gasteiger partial charge in [0.15, 0.2) is 0 Å². The van der Waals surface area contributed by atoms with E-state index in [-0.39, 0.29) is 18.0 Å². The Hall–Kier alpha value is -2.14. The first kappa shape index (κ1) is 18.2. The number of carbonyl (C=O) groups is 1. The van der Waals surface area contributed by atoms with E-state index in [0.717, 1.165) is 17.8 Å². The molecular weight excluding hydrogens is 300 g/mol. The Balaban J connectivity index is 1.96. The second-order valence-corrected chi connectivity index (χ2v) is 6.60. The van der Waals surface area contributed by atoms with Crippen molar-refractivity contribution in [2.45, 2.75) is 39.3 Å². The van der Waals surface area contributed by atoms with E-state index in [4.69, 9.17) is 0 Å². The van der Waals surface area contributed by atoms with Gasteiger partial charge in [-0.15, -0.1) is 0 Å². The molecular formula is C19H28N4O. The van der Waals surface area contributed by atoms with Gasteiger partial charge in [0.25, 0.3) is 0 Å². The fourth-order valence-corrected chi connectivity index (χ4v) is 2.84. The monoisotopic (exact) mass is 328 g/mol. The topological polar surface area (TPSA) is 50.2 Å². The number of hydrogen-bond donors (Lipinski definition) is 1. The van der Waals surface area contributed by atoms with Crippen LogP contribution in [0.15, 0.2) is 36.4 Å². The van der Waals surface area contributed by atoms with Gasteiger partial charge < -0.3 is 10.2 Å². The largest absolute Gasteiger partial charge is 0.353 e. The van der Waals surface area contributed by atoms with Crippen molar-refractivity contribution in [2.75, 3.05) is 20.6 Å². The van der Waals surface area contributed by atoms with Crippen LogP contribution in [0, 0.1) is 13.8 Å². The summed E-state index contributed by atoms with van der Waals surface area (Å²) < 4.78 is 1.78. The number of hydrogen-bond acceptors (Lipinski definition) is 3. The highest BCUT2D eigenvalue weighted by molar-refractivity contribution is 5.79. The SMILES string of the molecule is Cc1cc(C)n([C@H](C)C(=O)NC[C@@H](Cc2ccccc2)N(C)C)n1. The Bertz CT molecular complexity index is 663. The van der Waals surface area contributed by atoms with E-state index >= 15 is 0 Å². The van der Waals surface area contributed by atoms with Gasteiger partial charge in [-0.2, -0.15) is 5.10 Å². The lowest BCUT2D eigenvalue weighted by Crippen LogP contribution is -2.43. The van der Waals surface area contributed by atoms with Gasteiger partial charge in [0.1, 0.15) is 6.04 Å². The predicted molar refractivity (Wildman–Crippen MR) is 97.0 cm³/mol. The summed E-state index contributed by atoms with van der Waals surface area (Å²) in [4.78, 5) is 14.6. The number of benzene rings is 1. The van der Waals surface area contributed by atoms with Crippen LogP contribution in [-0.2, 0) is 11.2 Å². The summed E-state index contributed by atoms with van der Waals surface area (Å²) in [7, 11) is 4.09. The number of carbonyl (C=O) groups excluding carboxylic acids is 1. The third-order valence-corrected chi connectivity index (χ3v) is 4.35. The molecule has 1 N–H and O–H groups in total. The van der Waals surface area contributed by atoms with Gasteiger partial charge in [0, 0.05) is 18.3 Å². The first-order valence-corrected chi connectivity index (χ1v) is 8.39. The van der Waals surface area contributed by atoms with Crippen LogP contribution >= 0.6 is 0 Å². The summed E-state index contributed by atoms with van der Waals surface area (Å²) in [6, 6.07) is 12.3. The molecule has 0 bridgehead atoms. The van der Waals surface area contributed by atoms with Gasteiger partial charge in [-0.1, -0.05) is 30.3 Å². The molecule has 2 rings (SSSR count). The highest BCUT2D eigenvalue weighted by Gasteiger charge is 2.20. The predicted octanol–water partition coefficient (Wildman–Crippen LogP) is 2.35. The van der Waals surface area contributed by atoms with Crippen molar-refractivity contribution in [3.8, 4) is 0 Å². The summed E-state index contributed by atoms with van der Waals surface area (Å²) >= 11 is 0. The second-order valence-electron chi connectivity index (χ2n) is 6.60. The molecule has 1 aromatic carbocycles. The number of aromatic nitrogens is 2. The molecule has 1 amide bonds. The maximum Gasteiger partial charge on any atom is 0.244 e. The van der Waals surface area contributed by atoms with Crippen molar-refractivity contribution in [1.29, 1.82) is 0 Å². The standard InChI is InChI=1S/C19H28N4O/c1-14-11-15(2)23(21-14)16(3)19(24)20-13-18(22(4)5)12-17-9-7-6-8-10-17/h6-11,16,18H,12-13H2,1-5H3,(H,20,24)/t16-,18-/m1/s1.